The first-order valence-electron chi connectivity index (χ1n) is 14.3. The Kier molecular flexibility index (Phi) is 10.1. The molecule has 0 amide bonds. The van der Waals surface area contributed by atoms with Crippen molar-refractivity contribution in [2.75, 3.05) is 13.1 Å². The van der Waals surface area contributed by atoms with Crippen molar-refractivity contribution in [3.05, 3.63) is 97.9 Å². The molecule has 6 nitrogen and oxygen atoms in total. The van der Waals surface area contributed by atoms with Gasteiger partial charge in [0.05, 0.1) is 16.5 Å². The van der Waals surface area contributed by atoms with E-state index in [-0.39, 0.29) is 52.0 Å². The fourth-order valence-electron chi connectivity index (χ4n) is 4.91. The highest BCUT2D eigenvalue weighted by molar-refractivity contribution is 6.31. The van der Waals surface area contributed by atoms with Crippen LogP contribution in [-0.2, 0) is 12.7 Å². The number of esters is 1. The summed E-state index contributed by atoms with van der Waals surface area (Å²) in [6.45, 7) is 12.9. The Morgan fingerprint density at radius 1 is 0.955 bits per heavy atom. The van der Waals surface area contributed by atoms with Crippen molar-refractivity contribution in [3.63, 3.8) is 0 Å². The minimum atomic E-state index is -5.08. The van der Waals surface area contributed by atoms with E-state index in [4.69, 9.17) is 25.5 Å². The van der Waals surface area contributed by atoms with Gasteiger partial charge >= 0.3 is 12.1 Å². The Labute approximate surface area is 259 Å². The fraction of sp³-hybridized carbons (Fsp3) is 0.353. The van der Waals surface area contributed by atoms with E-state index in [0.717, 1.165) is 5.56 Å². The number of aryl methyl sites for hydroxylation is 2. The van der Waals surface area contributed by atoms with Gasteiger partial charge in [-0.2, -0.15) is 13.2 Å². The maximum atomic E-state index is 14.5. The van der Waals surface area contributed by atoms with Crippen LogP contribution in [0.3, 0.4) is 0 Å². The second-order valence-electron chi connectivity index (χ2n) is 11.8. The number of ether oxygens (including phenoxy) is 2. The van der Waals surface area contributed by atoms with Crippen molar-refractivity contribution < 1.29 is 31.9 Å². The Morgan fingerprint density at radius 2 is 1.59 bits per heavy atom. The monoisotopic (exact) mass is 629 g/mol. The van der Waals surface area contributed by atoms with E-state index < -0.39 is 29.1 Å². The molecular weight excluding hydrogens is 595 g/mol. The van der Waals surface area contributed by atoms with Gasteiger partial charge in [0.15, 0.2) is 0 Å². The zero-order valence-corrected chi connectivity index (χ0v) is 26.2. The van der Waals surface area contributed by atoms with Gasteiger partial charge in [0.1, 0.15) is 17.1 Å². The molecule has 0 aliphatic heterocycles. The topological polar surface area (TPSA) is 69.0 Å². The minimum Gasteiger partial charge on any atom is -0.449 e. The molecule has 0 unspecified atom stereocenters. The molecule has 1 heterocycles. The Morgan fingerprint density at radius 3 is 2.16 bits per heavy atom. The number of halogens is 4. The third-order valence-electron chi connectivity index (χ3n) is 6.80. The molecule has 234 valence electrons. The fourth-order valence-corrected chi connectivity index (χ4v) is 5.03. The average molecular weight is 630 g/mol. The van der Waals surface area contributed by atoms with Crippen LogP contribution >= 0.6 is 11.6 Å². The zero-order chi connectivity index (χ0) is 32.3. The summed E-state index contributed by atoms with van der Waals surface area (Å²) in [6.07, 6.45) is -5.08. The number of fused-ring (bicyclic) bond motifs is 1. The number of carbonyl (C=O) groups is 1. The van der Waals surface area contributed by atoms with Gasteiger partial charge in [0.25, 0.3) is 5.76 Å². The van der Waals surface area contributed by atoms with Crippen LogP contribution in [0.25, 0.3) is 11.0 Å². The van der Waals surface area contributed by atoms with Crippen LogP contribution in [0, 0.1) is 25.7 Å². The Bertz CT molecular complexity index is 1700. The van der Waals surface area contributed by atoms with Crippen molar-refractivity contribution in [1.29, 1.82) is 0 Å². The van der Waals surface area contributed by atoms with Gasteiger partial charge in [-0.05, 0) is 73.7 Å². The van der Waals surface area contributed by atoms with E-state index in [1.165, 1.54) is 30.3 Å². The molecule has 0 aliphatic rings. The predicted molar refractivity (Wildman–Crippen MR) is 165 cm³/mol. The normalized spacial score (nSPS) is 12.0. The number of hydrogen-bond donors (Lipinski definition) is 0. The van der Waals surface area contributed by atoms with Crippen molar-refractivity contribution in [2.45, 2.75) is 54.3 Å². The van der Waals surface area contributed by atoms with Crippen LogP contribution in [0.1, 0.15) is 60.5 Å². The second kappa shape index (κ2) is 13.4. The summed E-state index contributed by atoms with van der Waals surface area (Å²) in [5.41, 5.74) is 0.583. The highest BCUT2D eigenvalue weighted by Crippen LogP contribution is 2.41. The lowest BCUT2D eigenvalue weighted by molar-refractivity contribution is -0.154. The van der Waals surface area contributed by atoms with E-state index in [0.29, 0.717) is 23.7 Å². The van der Waals surface area contributed by atoms with Crippen molar-refractivity contribution in [2.24, 2.45) is 11.8 Å². The number of alkyl halides is 3. The lowest BCUT2D eigenvalue weighted by Gasteiger charge is -2.27. The van der Waals surface area contributed by atoms with E-state index in [2.05, 4.69) is 0 Å². The maximum absolute atomic E-state index is 14.5. The van der Waals surface area contributed by atoms with E-state index in [1.807, 2.05) is 39.5 Å². The first-order chi connectivity index (χ1) is 20.6. The van der Waals surface area contributed by atoms with Gasteiger partial charge in [0.2, 0.25) is 11.2 Å². The van der Waals surface area contributed by atoms with E-state index in [1.54, 1.807) is 31.2 Å². The molecule has 0 fully saturated rings. The molecule has 0 radical (unpaired) electrons. The van der Waals surface area contributed by atoms with Crippen molar-refractivity contribution in [3.8, 4) is 17.2 Å². The first kappa shape index (κ1) is 33.1. The number of hydrogen-bond acceptors (Lipinski definition) is 6. The predicted octanol–water partition coefficient (Wildman–Crippen LogP) is 9.21. The lowest BCUT2D eigenvalue weighted by atomic mass is 10.1. The average Bonchev–Trinajstić information content (AvgIpc) is 2.92. The van der Waals surface area contributed by atoms with Gasteiger partial charge in [0, 0.05) is 24.7 Å². The number of benzene rings is 3. The molecule has 0 bridgehead atoms. The van der Waals surface area contributed by atoms with Crippen LogP contribution in [0.2, 0.25) is 5.02 Å². The quantitative estimate of drug-likeness (QED) is 0.129. The third kappa shape index (κ3) is 7.81. The van der Waals surface area contributed by atoms with E-state index in [9.17, 15) is 22.8 Å². The maximum Gasteiger partial charge on any atom is 0.453 e. The lowest BCUT2D eigenvalue weighted by Crippen LogP contribution is -2.31. The summed E-state index contributed by atoms with van der Waals surface area (Å²) in [5, 5.41) is 0.251. The summed E-state index contributed by atoms with van der Waals surface area (Å²) in [5.74, 6) is -2.84. The van der Waals surface area contributed by atoms with Crippen LogP contribution in [0.5, 0.6) is 17.2 Å². The van der Waals surface area contributed by atoms with Crippen LogP contribution in [-0.4, -0.2) is 24.0 Å². The molecule has 0 saturated carbocycles. The van der Waals surface area contributed by atoms with Crippen LogP contribution < -0.4 is 14.9 Å². The summed E-state index contributed by atoms with van der Waals surface area (Å²) in [6, 6.07) is 13.7. The molecule has 4 aromatic rings. The Balaban J connectivity index is 1.93. The molecule has 3 aromatic carbocycles. The second-order valence-corrected chi connectivity index (χ2v) is 12.2. The van der Waals surface area contributed by atoms with Gasteiger partial charge in [-0.1, -0.05) is 57.0 Å². The van der Waals surface area contributed by atoms with Gasteiger partial charge in [-0.25, -0.2) is 4.79 Å². The molecule has 4 rings (SSSR count). The Hall–Kier alpha value is -3.82. The van der Waals surface area contributed by atoms with Gasteiger partial charge in [-0.3, -0.25) is 9.69 Å². The molecule has 0 atom stereocenters. The van der Waals surface area contributed by atoms with Crippen molar-refractivity contribution in [1.82, 2.24) is 4.90 Å². The van der Waals surface area contributed by atoms with Gasteiger partial charge < -0.3 is 13.9 Å². The standard InChI is InChI=1S/C34H35ClF3NO5/c1-19(2)16-39(17-20(3)4)18-26-28(43-33(41)23-9-7-21(5)8-10-23)14-12-25-29(40)31(32(34(36,37)38)44-30(25)26)42-24-11-13-27(35)22(6)15-24/h7-15,19-20H,16-18H2,1-6H3. The number of carbonyl (C=O) groups excluding carboxylic acids is 1. The number of nitrogens with zero attached hydrogens (tertiary/aromatic N) is 1. The van der Waals surface area contributed by atoms with Gasteiger partial charge in [-0.15, -0.1) is 0 Å². The smallest absolute Gasteiger partial charge is 0.449 e. The highest BCUT2D eigenvalue weighted by Gasteiger charge is 2.41. The van der Waals surface area contributed by atoms with Crippen LogP contribution in [0.15, 0.2) is 63.8 Å². The molecule has 10 heteroatoms. The summed E-state index contributed by atoms with van der Waals surface area (Å²) >= 11 is 6.06. The molecule has 0 aliphatic carbocycles. The third-order valence-corrected chi connectivity index (χ3v) is 7.23. The molecule has 0 spiro atoms. The molecule has 44 heavy (non-hydrogen) atoms. The minimum absolute atomic E-state index is 0.00106. The molecule has 0 saturated heterocycles. The number of rotatable bonds is 10. The summed E-state index contributed by atoms with van der Waals surface area (Å²) in [7, 11) is 0. The van der Waals surface area contributed by atoms with Crippen molar-refractivity contribution >= 4 is 28.5 Å². The van der Waals surface area contributed by atoms with Crippen LogP contribution in [0.4, 0.5) is 13.2 Å². The van der Waals surface area contributed by atoms with E-state index >= 15 is 0 Å². The molecular formula is C34H35ClF3NO5. The molecule has 1 aromatic heterocycles. The largest absolute Gasteiger partial charge is 0.453 e. The summed E-state index contributed by atoms with van der Waals surface area (Å²) in [4.78, 5) is 28.9. The highest BCUT2D eigenvalue weighted by atomic mass is 35.5. The SMILES string of the molecule is Cc1ccc(C(=O)Oc2ccc3c(=O)c(Oc4ccc(Cl)c(C)c4)c(C(F)(F)F)oc3c2CN(CC(C)C)CC(C)C)cc1. The summed E-state index contributed by atoms with van der Waals surface area (Å²) < 4.78 is 60.3. The first-order valence-corrected chi connectivity index (χ1v) is 14.7. The molecule has 0 N–H and O–H groups in total. The zero-order valence-electron chi connectivity index (χ0n) is 25.5.